The molecule has 2 N–H and O–H groups in total. The van der Waals surface area contributed by atoms with Gasteiger partial charge in [-0.15, -0.1) is 11.3 Å². The van der Waals surface area contributed by atoms with Crippen LogP contribution in [0.25, 0.3) is 0 Å². The normalized spacial score (nSPS) is 15.2. The van der Waals surface area contributed by atoms with Gasteiger partial charge in [0.05, 0.1) is 9.77 Å². The van der Waals surface area contributed by atoms with E-state index in [2.05, 4.69) is 0 Å². The zero-order valence-electron chi connectivity index (χ0n) is 13.3. The highest BCUT2D eigenvalue weighted by molar-refractivity contribution is 7.89. The van der Waals surface area contributed by atoms with E-state index in [1.165, 1.54) is 35.6 Å². The molecule has 1 aliphatic heterocycles. The molecule has 1 fully saturated rings. The van der Waals surface area contributed by atoms with E-state index in [0.717, 1.165) is 0 Å². The number of nitrogens with two attached hydrogens (primary N) is 1. The van der Waals surface area contributed by atoms with E-state index in [0.29, 0.717) is 36.6 Å². The Bertz CT molecular complexity index is 869. The molecule has 0 radical (unpaired) electrons. The van der Waals surface area contributed by atoms with Gasteiger partial charge in [0, 0.05) is 31.7 Å². The number of sulfonamides is 1. The Balaban J connectivity index is 1.63. The molecule has 0 unspecified atom stereocenters. The molecule has 25 heavy (non-hydrogen) atoms. The lowest BCUT2D eigenvalue weighted by molar-refractivity contribution is 0.0538. The quantitative estimate of drug-likeness (QED) is 0.859. The second-order valence-electron chi connectivity index (χ2n) is 5.63. The van der Waals surface area contributed by atoms with Crippen molar-refractivity contribution in [3.63, 3.8) is 0 Å². The van der Waals surface area contributed by atoms with Crippen LogP contribution in [0.1, 0.15) is 20.0 Å². The summed E-state index contributed by atoms with van der Waals surface area (Å²) in [7, 11) is -3.78. The summed E-state index contributed by atoms with van der Waals surface area (Å²) in [6.45, 7) is 1.81. The molecule has 2 heterocycles. The van der Waals surface area contributed by atoms with Crippen LogP contribution < -0.4 is 5.14 Å². The highest BCUT2D eigenvalue weighted by Crippen LogP contribution is 2.16. The topological polar surface area (TPSA) is 101 Å². The van der Waals surface area contributed by atoms with Gasteiger partial charge in [-0.25, -0.2) is 13.6 Å². The molecule has 0 saturated carbocycles. The van der Waals surface area contributed by atoms with Crippen LogP contribution in [0.4, 0.5) is 0 Å². The average molecular weight is 379 g/mol. The number of rotatable bonds is 3. The first kappa shape index (κ1) is 17.6. The van der Waals surface area contributed by atoms with Crippen LogP contribution in [0, 0.1) is 0 Å². The molecule has 1 aliphatic rings. The van der Waals surface area contributed by atoms with E-state index in [-0.39, 0.29) is 16.7 Å². The van der Waals surface area contributed by atoms with Gasteiger partial charge >= 0.3 is 0 Å². The van der Waals surface area contributed by atoms with Gasteiger partial charge in [-0.2, -0.15) is 0 Å². The summed E-state index contributed by atoms with van der Waals surface area (Å²) < 4.78 is 22.5. The zero-order valence-corrected chi connectivity index (χ0v) is 14.9. The van der Waals surface area contributed by atoms with E-state index in [1.807, 2.05) is 11.4 Å². The Morgan fingerprint density at radius 3 is 1.96 bits per heavy atom. The summed E-state index contributed by atoms with van der Waals surface area (Å²) in [4.78, 5) is 28.9. The molecule has 1 aromatic heterocycles. The molecule has 0 atom stereocenters. The molecule has 7 nitrogen and oxygen atoms in total. The molecular weight excluding hydrogens is 362 g/mol. The third-order valence-electron chi connectivity index (χ3n) is 4.02. The van der Waals surface area contributed by atoms with Crippen LogP contribution in [0.15, 0.2) is 46.7 Å². The van der Waals surface area contributed by atoms with Gasteiger partial charge in [0.1, 0.15) is 0 Å². The molecule has 0 aliphatic carbocycles. The number of benzene rings is 1. The Hall–Kier alpha value is -2.23. The second kappa shape index (κ2) is 6.95. The molecule has 132 valence electrons. The molecule has 3 rings (SSSR count). The molecule has 0 spiro atoms. The molecule has 9 heteroatoms. The van der Waals surface area contributed by atoms with Crippen molar-refractivity contribution in [3.8, 4) is 0 Å². The summed E-state index contributed by atoms with van der Waals surface area (Å²) in [5.41, 5.74) is 0.394. The smallest absolute Gasteiger partial charge is 0.264 e. The third-order valence-corrected chi connectivity index (χ3v) is 5.80. The minimum absolute atomic E-state index is 0.0143. The first-order valence-electron chi connectivity index (χ1n) is 7.61. The van der Waals surface area contributed by atoms with Gasteiger partial charge < -0.3 is 9.80 Å². The van der Waals surface area contributed by atoms with E-state index in [9.17, 15) is 18.0 Å². The number of primary sulfonamides is 1. The van der Waals surface area contributed by atoms with Crippen LogP contribution in [0.3, 0.4) is 0 Å². The van der Waals surface area contributed by atoms with Crippen molar-refractivity contribution >= 4 is 33.2 Å². The standard InChI is InChI=1S/C16H17N3O4S2/c17-25(22,23)13-5-3-12(4-6-13)15(20)18-7-9-19(10-8-18)16(21)14-2-1-11-24-14/h1-6,11H,7-10H2,(H2,17,22,23). The third kappa shape index (κ3) is 3.89. The number of carbonyl (C=O) groups excluding carboxylic acids is 2. The van der Waals surface area contributed by atoms with E-state index < -0.39 is 10.0 Å². The molecule has 2 amide bonds. The van der Waals surface area contributed by atoms with Crippen molar-refractivity contribution in [2.45, 2.75) is 4.90 Å². The second-order valence-corrected chi connectivity index (χ2v) is 8.14. The lowest BCUT2D eigenvalue weighted by atomic mass is 10.2. The van der Waals surface area contributed by atoms with Gasteiger partial charge in [0.15, 0.2) is 0 Å². The number of amides is 2. The van der Waals surface area contributed by atoms with Crippen LogP contribution in [0.5, 0.6) is 0 Å². The molecule has 0 bridgehead atoms. The SMILES string of the molecule is NS(=O)(=O)c1ccc(C(=O)N2CCN(C(=O)c3cccs3)CC2)cc1. The van der Waals surface area contributed by atoms with E-state index in [1.54, 1.807) is 15.9 Å². The fraction of sp³-hybridized carbons (Fsp3) is 0.250. The minimum Gasteiger partial charge on any atom is -0.335 e. The van der Waals surface area contributed by atoms with Gasteiger partial charge in [-0.3, -0.25) is 9.59 Å². The monoisotopic (exact) mass is 379 g/mol. The Labute approximate surface area is 149 Å². The highest BCUT2D eigenvalue weighted by Gasteiger charge is 2.26. The number of hydrogen-bond donors (Lipinski definition) is 1. The van der Waals surface area contributed by atoms with Gasteiger partial charge in [0.2, 0.25) is 10.0 Å². The Morgan fingerprint density at radius 2 is 1.48 bits per heavy atom. The number of hydrogen-bond acceptors (Lipinski definition) is 5. The fourth-order valence-electron chi connectivity index (χ4n) is 2.64. The predicted octanol–water partition coefficient (Wildman–Crippen LogP) is 0.994. The summed E-state index contributed by atoms with van der Waals surface area (Å²) >= 11 is 1.40. The van der Waals surface area contributed by atoms with Crippen molar-refractivity contribution in [2.75, 3.05) is 26.2 Å². The fourth-order valence-corrected chi connectivity index (χ4v) is 3.84. The van der Waals surface area contributed by atoms with Crippen molar-refractivity contribution in [1.29, 1.82) is 0 Å². The molecule has 2 aromatic rings. The maximum atomic E-state index is 12.5. The summed E-state index contributed by atoms with van der Waals surface area (Å²) in [6.07, 6.45) is 0. The number of carbonyl (C=O) groups is 2. The Kier molecular flexibility index (Phi) is 4.89. The predicted molar refractivity (Wildman–Crippen MR) is 93.9 cm³/mol. The van der Waals surface area contributed by atoms with Gasteiger partial charge in [0.25, 0.3) is 11.8 Å². The maximum Gasteiger partial charge on any atom is 0.264 e. The summed E-state index contributed by atoms with van der Waals surface area (Å²) in [5.74, 6) is -0.205. The van der Waals surface area contributed by atoms with Crippen LogP contribution in [-0.4, -0.2) is 56.2 Å². The number of thiophene rings is 1. The van der Waals surface area contributed by atoms with Crippen LogP contribution in [-0.2, 0) is 10.0 Å². The first-order valence-corrected chi connectivity index (χ1v) is 10.0. The summed E-state index contributed by atoms with van der Waals surface area (Å²) in [6, 6.07) is 9.16. The molecular formula is C16H17N3O4S2. The minimum atomic E-state index is -3.78. The van der Waals surface area contributed by atoms with Crippen molar-refractivity contribution in [2.24, 2.45) is 5.14 Å². The number of nitrogens with zero attached hydrogens (tertiary/aromatic N) is 2. The van der Waals surface area contributed by atoms with Crippen molar-refractivity contribution in [3.05, 3.63) is 52.2 Å². The van der Waals surface area contributed by atoms with Gasteiger partial charge in [-0.1, -0.05) is 6.07 Å². The Morgan fingerprint density at radius 1 is 0.920 bits per heavy atom. The van der Waals surface area contributed by atoms with Crippen LogP contribution >= 0.6 is 11.3 Å². The molecule has 1 saturated heterocycles. The van der Waals surface area contributed by atoms with E-state index >= 15 is 0 Å². The first-order chi connectivity index (χ1) is 11.9. The van der Waals surface area contributed by atoms with Crippen LogP contribution in [0.2, 0.25) is 0 Å². The molecule has 1 aromatic carbocycles. The van der Waals surface area contributed by atoms with E-state index in [4.69, 9.17) is 5.14 Å². The lowest BCUT2D eigenvalue weighted by Crippen LogP contribution is -2.50. The zero-order chi connectivity index (χ0) is 18.0. The lowest BCUT2D eigenvalue weighted by Gasteiger charge is -2.34. The largest absolute Gasteiger partial charge is 0.335 e. The van der Waals surface area contributed by atoms with Crippen molar-refractivity contribution < 1.29 is 18.0 Å². The maximum absolute atomic E-state index is 12.5. The van der Waals surface area contributed by atoms with Gasteiger partial charge in [-0.05, 0) is 35.7 Å². The average Bonchev–Trinajstić information content (AvgIpc) is 3.14. The highest BCUT2D eigenvalue weighted by atomic mass is 32.2. The summed E-state index contributed by atoms with van der Waals surface area (Å²) in [5, 5.41) is 6.91. The van der Waals surface area contributed by atoms with Crippen molar-refractivity contribution in [1.82, 2.24) is 9.80 Å². The number of piperazine rings is 1.